The van der Waals surface area contributed by atoms with E-state index in [0.29, 0.717) is 16.7 Å². The predicted molar refractivity (Wildman–Crippen MR) is 77.5 cm³/mol. The fourth-order valence-electron chi connectivity index (χ4n) is 2.27. The Labute approximate surface area is 128 Å². The molecule has 4 nitrogen and oxygen atoms in total. The van der Waals surface area contributed by atoms with Crippen LogP contribution in [0.5, 0.6) is 5.75 Å². The van der Waals surface area contributed by atoms with Crippen molar-refractivity contribution in [2.45, 2.75) is 6.18 Å². The van der Waals surface area contributed by atoms with Gasteiger partial charge in [-0.3, -0.25) is 4.79 Å². The number of ketones is 1. The van der Waals surface area contributed by atoms with Crippen LogP contribution >= 0.6 is 0 Å². The first kappa shape index (κ1) is 15.1. The van der Waals surface area contributed by atoms with E-state index >= 15 is 0 Å². The van der Waals surface area contributed by atoms with Crippen molar-refractivity contribution in [1.82, 2.24) is 9.97 Å². The van der Waals surface area contributed by atoms with Crippen LogP contribution in [-0.4, -0.2) is 22.9 Å². The van der Waals surface area contributed by atoms with Gasteiger partial charge in [-0.2, -0.15) is 13.2 Å². The number of H-pyrrole nitrogens is 1. The highest BCUT2D eigenvalue weighted by Gasteiger charge is 2.33. The molecule has 0 amide bonds. The maximum absolute atomic E-state index is 12.7. The van der Waals surface area contributed by atoms with Crippen LogP contribution < -0.4 is 4.74 Å². The zero-order chi connectivity index (χ0) is 16.6. The summed E-state index contributed by atoms with van der Waals surface area (Å²) in [6, 6.07) is 8.34. The maximum Gasteiger partial charge on any atom is 0.433 e. The number of methoxy groups -OCH3 is 1. The first-order chi connectivity index (χ1) is 10.9. The lowest BCUT2D eigenvalue weighted by molar-refractivity contribution is -0.141. The lowest BCUT2D eigenvalue weighted by Gasteiger charge is -2.07. The van der Waals surface area contributed by atoms with Gasteiger partial charge in [-0.05, 0) is 30.3 Å². The zero-order valence-electron chi connectivity index (χ0n) is 11.9. The second-order valence-electron chi connectivity index (χ2n) is 4.85. The number of nitrogens with zero attached hydrogens (tertiary/aromatic N) is 1. The number of carbonyl (C=O) groups excluding carboxylic acids is 1. The third-order valence-corrected chi connectivity index (χ3v) is 3.41. The molecule has 0 spiro atoms. The van der Waals surface area contributed by atoms with E-state index in [1.165, 1.54) is 25.4 Å². The van der Waals surface area contributed by atoms with Crippen molar-refractivity contribution in [2.24, 2.45) is 0 Å². The fourth-order valence-corrected chi connectivity index (χ4v) is 2.27. The topological polar surface area (TPSA) is 55.0 Å². The number of rotatable bonds is 3. The molecule has 7 heteroatoms. The number of nitrogens with one attached hydrogen (secondary N) is 1. The molecule has 0 radical (unpaired) electrons. The molecule has 2 heterocycles. The number of carbonyl (C=O) groups is 1. The van der Waals surface area contributed by atoms with Crippen LogP contribution in [0, 0.1) is 0 Å². The summed E-state index contributed by atoms with van der Waals surface area (Å²) in [5, 5.41) is 0.563. The molecular formula is C16H11F3N2O2. The number of aromatic amines is 1. The summed E-state index contributed by atoms with van der Waals surface area (Å²) >= 11 is 0. The van der Waals surface area contributed by atoms with Crippen molar-refractivity contribution in [3.8, 4) is 5.75 Å². The summed E-state index contributed by atoms with van der Waals surface area (Å²) in [5.41, 5.74) is -0.434. The molecule has 0 aliphatic carbocycles. The van der Waals surface area contributed by atoms with E-state index in [1.807, 2.05) is 0 Å². The number of halogens is 3. The predicted octanol–water partition coefficient (Wildman–Crippen LogP) is 3.82. The molecular weight excluding hydrogens is 309 g/mol. The molecule has 0 fully saturated rings. The summed E-state index contributed by atoms with van der Waals surface area (Å²) in [6.07, 6.45) is -3.14. The van der Waals surface area contributed by atoms with Crippen molar-refractivity contribution < 1.29 is 22.7 Å². The molecule has 0 atom stereocenters. The van der Waals surface area contributed by atoms with Crippen molar-refractivity contribution >= 4 is 16.7 Å². The molecule has 0 unspecified atom stereocenters. The average Bonchev–Trinajstić information content (AvgIpc) is 2.96. The van der Waals surface area contributed by atoms with Crippen LogP contribution in [0.15, 0.2) is 42.6 Å². The Morgan fingerprint density at radius 1 is 1.22 bits per heavy atom. The molecule has 118 valence electrons. The Morgan fingerprint density at radius 3 is 2.70 bits per heavy atom. The third-order valence-electron chi connectivity index (χ3n) is 3.41. The summed E-state index contributed by atoms with van der Waals surface area (Å²) in [7, 11) is 1.49. The smallest absolute Gasteiger partial charge is 0.433 e. The Kier molecular flexibility index (Phi) is 3.55. The second-order valence-corrected chi connectivity index (χ2v) is 4.85. The number of alkyl halides is 3. The monoisotopic (exact) mass is 320 g/mol. The molecule has 2 aromatic heterocycles. The number of benzene rings is 1. The first-order valence-electron chi connectivity index (χ1n) is 6.64. The minimum atomic E-state index is -4.60. The minimum absolute atomic E-state index is 0.241. The number of hydrogen-bond acceptors (Lipinski definition) is 3. The summed E-state index contributed by atoms with van der Waals surface area (Å²) in [4.78, 5) is 18.8. The van der Waals surface area contributed by atoms with Crippen molar-refractivity contribution in [2.75, 3.05) is 7.11 Å². The van der Waals surface area contributed by atoms with Crippen LogP contribution in [0.3, 0.4) is 0 Å². The van der Waals surface area contributed by atoms with Crippen molar-refractivity contribution in [3.05, 3.63) is 59.5 Å². The van der Waals surface area contributed by atoms with Gasteiger partial charge in [-0.15, -0.1) is 0 Å². The largest absolute Gasteiger partial charge is 0.497 e. The molecule has 3 aromatic rings. The van der Waals surface area contributed by atoms with Crippen molar-refractivity contribution in [1.29, 1.82) is 0 Å². The van der Waals surface area contributed by atoms with Gasteiger partial charge in [0.25, 0.3) is 0 Å². The van der Waals surface area contributed by atoms with E-state index in [9.17, 15) is 18.0 Å². The highest BCUT2D eigenvalue weighted by atomic mass is 19.4. The summed E-state index contributed by atoms with van der Waals surface area (Å²) < 4.78 is 43.3. The summed E-state index contributed by atoms with van der Waals surface area (Å²) in [6.45, 7) is 0. The van der Waals surface area contributed by atoms with E-state index in [1.54, 1.807) is 18.2 Å². The molecule has 0 saturated carbocycles. The molecule has 23 heavy (non-hydrogen) atoms. The maximum atomic E-state index is 12.7. The minimum Gasteiger partial charge on any atom is -0.497 e. The molecule has 0 bridgehead atoms. The molecule has 0 aliphatic rings. The van der Waals surface area contributed by atoms with E-state index < -0.39 is 17.7 Å². The van der Waals surface area contributed by atoms with Gasteiger partial charge in [-0.25, -0.2) is 4.98 Å². The molecule has 1 aromatic carbocycles. The molecule has 1 N–H and O–H groups in total. The van der Waals surface area contributed by atoms with Gasteiger partial charge >= 0.3 is 6.18 Å². The molecule has 0 aliphatic heterocycles. The van der Waals surface area contributed by atoms with E-state index in [-0.39, 0.29) is 11.3 Å². The van der Waals surface area contributed by atoms with Crippen LogP contribution in [0.25, 0.3) is 10.9 Å². The van der Waals surface area contributed by atoms with Crippen LogP contribution in [-0.2, 0) is 6.18 Å². The Balaban J connectivity index is 2.07. The van der Waals surface area contributed by atoms with Crippen molar-refractivity contribution in [3.63, 3.8) is 0 Å². The fraction of sp³-hybridized carbons (Fsp3) is 0.125. The number of hydrogen-bond donors (Lipinski definition) is 1. The highest BCUT2D eigenvalue weighted by molar-refractivity contribution is 6.15. The number of ether oxygens (including phenoxy) is 1. The van der Waals surface area contributed by atoms with E-state index in [4.69, 9.17) is 4.74 Å². The lowest BCUT2D eigenvalue weighted by atomic mass is 10.1. The third kappa shape index (κ3) is 2.77. The summed E-state index contributed by atoms with van der Waals surface area (Å²) in [5.74, 6) is -0.0428. The van der Waals surface area contributed by atoms with Gasteiger partial charge in [-0.1, -0.05) is 6.07 Å². The Morgan fingerprint density at radius 2 is 2.00 bits per heavy atom. The van der Waals surface area contributed by atoms with E-state index in [2.05, 4.69) is 9.97 Å². The zero-order valence-corrected chi connectivity index (χ0v) is 11.9. The van der Waals surface area contributed by atoms with Crippen LogP contribution in [0.2, 0.25) is 0 Å². The number of aromatic nitrogens is 2. The number of fused-ring (bicyclic) bond motifs is 1. The molecule has 0 saturated heterocycles. The first-order valence-corrected chi connectivity index (χ1v) is 6.64. The molecule has 3 rings (SSSR count). The van der Waals surface area contributed by atoms with Gasteiger partial charge in [0.2, 0.25) is 5.78 Å². The quantitative estimate of drug-likeness (QED) is 0.746. The van der Waals surface area contributed by atoms with Gasteiger partial charge in [0.1, 0.15) is 17.1 Å². The van der Waals surface area contributed by atoms with Gasteiger partial charge in [0.05, 0.1) is 7.11 Å². The SMILES string of the molecule is COc1ccc2[nH]cc(C(=O)c3cccc(C(F)(F)F)n3)c2c1. The number of pyridine rings is 1. The van der Waals surface area contributed by atoms with Crippen LogP contribution in [0.4, 0.5) is 13.2 Å². The lowest BCUT2D eigenvalue weighted by Crippen LogP contribution is -2.12. The highest BCUT2D eigenvalue weighted by Crippen LogP contribution is 2.29. The van der Waals surface area contributed by atoms with Gasteiger partial charge in [0.15, 0.2) is 0 Å². The normalized spacial score (nSPS) is 11.7. The second kappa shape index (κ2) is 5.42. The Bertz CT molecular complexity index is 884. The van der Waals surface area contributed by atoms with E-state index in [0.717, 1.165) is 6.07 Å². The van der Waals surface area contributed by atoms with Gasteiger partial charge in [0, 0.05) is 22.7 Å². The van der Waals surface area contributed by atoms with Gasteiger partial charge < -0.3 is 9.72 Å². The standard InChI is InChI=1S/C16H11F3N2O2/c1-23-9-5-6-12-10(7-9)11(8-20-12)15(22)13-3-2-4-14(21-13)16(17,18)19/h2-8,20H,1H3. The average molecular weight is 320 g/mol. The van der Waals surface area contributed by atoms with Crippen LogP contribution in [0.1, 0.15) is 21.7 Å². The Hall–Kier alpha value is -2.83.